The van der Waals surface area contributed by atoms with Crippen LogP contribution in [0, 0.1) is 0 Å². The number of benzene rings is 2. The third-order valence-electron chi connectivity index (χ3n) is 5.55. The highest BCUT2D eigenvalue weighted by molar-refractivity contribution is 6.17. The molecule has 2 aromatic heterocycles. The molecule has 0 spiro atoms. The minimum atomic E-state index is 0.561. The van der Waals surface area contributed by atoms with Crippen LogP contribution in [-0.4, -0.2) is 46.1 Å². The van der Waals surface area contributed by atoms with Crippen molar-refractivity contribution in [1.82, 2.24) is 20.3 Å². The van der Waals surface area contributed by atoms with Crippen LogP contribution in [-0.2, 0) is 0 Å². The van der Waals surface area contributed by atoms with Gasteiger partial charge in [-0.2, -0.15) is 0 Å². The van der Waals surface area contributed by atoms with Crippen LogP contribution in [0.25, 0.3) is 40.0 Å². The minimum Gasteiger partial charge on any atom is -0.492 e. The first-order valence-corrected chi connectivity index (χ1v) is 10.7. The predicted octanol–water partition coefficient (Wildman–Crippen LogP) is 4.61. The Bertz CT molecular complexity index is 1320. The zero-order chi connectivity index (χ0) is 22.6. The Morgan fingerprint density at radius 1 is 0.970 bits per heavy atom. The Kier molecular flexibility index (Phi) is 5.70. The molecule has 7 heteroatoms. The fourth-order valence-electron chi connectivity index (χ4n) is 3.85. The number of allylic oxidation sites excluding steroid dienone is 1. The highest BCUT2D eigenvalue weighted by Gasteiger charge is 2.19. The summed E-state index contributed by atoms with van der Waals surface area (Å²) in [7, 11) is 1.90. The van der Waals surface area contributed by atoms with Gasteiger partial charge < -0.3 is 20.2 Å². The summed E-state index contributed by atoms with van der Waals surface area (Å²) < 4.78 is 5.73. The van der Waals surface area contributed by atoms with Crippen molar-refractivity contribution < 1.29 is 9.94 Å². The van der Waals surface area contributed by atoms with Gasteiger partial charge in [-0.1, -0.05) is 23.4 Å². The van der Waals surface area contributed by atoms with Crippen LogP contribution < -0.4 is 10.1 Å². The maximum atomic E-state index is 9.20. The topological polar surface area (TPSA) is 95.4 Å². The first kappa shape index (κ1) is 20.7. The van der Waals surface area contributed by atoms with Gasteiger partial charge in [0, 0.05) is 41.2 Å². The number of oxime groups is 1. The second-order valence-electron chi connectivity index (χ2n) is 7.64. The summed E-state index contributed by atoms with van der Waals surface area (Å²) in [5.74, 6) is 1.59. The number of ether oxygens (including phenoxy) is 1. The van der Waals surface area contributed by atoms with Crippen LogP contribution in [0.2, 0.25) is 0 Å². The lowest BCUT2D eigenvalue weighted by atomic mass is 10.0. The number of pyridine rings is 1. The summed E-state index contributed by atoms with van der Waals surface area (Å²) >= 11 is 0. The second-order valence-corrected chi connectivity index (χ2v) is 7.64. The fourth-order valence-corrected chi connectivity index (χ4v) is 3.85. The summed E-state index contributed by atoms with van der Waals surface area (Å²) in [6, 6.07) is 17.9. The van der Waals surface area contributed by atoms with Crippen LogP contribution in [0.1, 0.15) is 11.1 Å². The summed E-state index contributed by atoms with van der Waals surface area (Å²) in [5.41, 5.74) is 7.15. The highest BCUT2D eigenvalue weighted by atomic mass is 16.5. The maximum Gasteiger partial charge on any atom is 0.138 e. The number of hydrogen-bond donors (Lipinski definition) is 3. The van der Waals surface area contributed by atoms with Crippen molar-refractivity contribution in [3.63, 3.8) is 0 Å². The zero-order valence-electron chi connectivity index (χ0n) is 18.1. The molecule has 1 aliphatic rings. The molecule has 0 unspecified atom stereocenters. The van der Waals surface area contributed by atoms with E-state index in [4.69, 9.17) is 9.72 Å². The number of fused-ring (bicyclic) bond motifs is 1. The van der Waals surface area contributed by atoms with Crippen molar-refractivity contribution in [1.29, 1.82) is 0 Å². The van der Waals surface area contributed by atoms with Crippen LogP contribution in [0.3, 0.4) is 0 Å². The summed E-state index contributed by atoms with van der Waals surface area (Å²) in [6.07, 6.45) is 7.29. The molecule has 1 aliphatic carbocycles. The van der Waals surface area contributed by atoms with Crippen molar-refractivity contribution in [3.8, 4) is 39.7 Å². The van der Waals surface area contributed by atoms with Crippen LogP contribution in [0.5, 0.6) is 5.75 Å². The Hall–Kier alpha value is -4.23. The molecule has 33 heavy (non-hydrogen) atoms. The number of likely N-dealkylation sites (N-methyl/N-ethyl adjacent to an activating group) is 1. The third-order valence-corrected chi connectivity index (χ3v) is 5.55. The lowest BCUT2D eigenvalue weighted by Gasteiger charge is -2.06. The smallest absolute Gasteiger partial charge is 0.138 e. The zero-order valence-corrected chi connectivity index (χ0v) is 18.1. The van der Waals surface area contributed by atoms with E-state index in [1.165, 1.54) is 0 Å². The van der Waals surface area contributed by atoms with Gasteiger partial charge in [0.2, 0.25) is 0 Å². The Balaban J connectivity index is 1.54. The number of nitrogens with one attached hydrogen (secondary N) is 2. The van der Waals surface area contributed by atoms with Crippen molar-refractivity contribution in [2.45, 2.75) is 0 Å². The number of rotatable bonds is 7. The largest absolute Gasteiger partial charge is 0.492 e. The number of aromatic nitrogens is 3. The monoisotopic (exact) mass is 437 g/mol. The minimum absolute atomic E-state index is 0.561. The normalized spacial score (nSPS) is 13.4. The number of H-pyrrole nitrogens is 1. The summed E-state index contributed by atoms with van der Waals surface area (Å²) in [5, 5.41) is 15.6. The molecular weight excluding hydrogens is 414 g/mol. The second kappa shape index (κ2) is 9.10. The van der Waals surface area contributed by atoms with Crippen molar-refractivity contribution >= 4 is 11.8 Å². The van der Waals surface area contributed by atoms with E-state index in [0.717, 1.165) is 57.3 Å². The molecule has 3 N–H and O–H groups in total. The van der Waals surface area contributed by atoms with Crippen molar-refractivity contribution in [2.75, 3.05) is 20.2 Å². The van der Waals surface area contributed by atoms with Gasteiger partial charge in [0.1, 0.15) is 23.9 Å². The molecule has 0 amide bonds. The van der Waals surface area contributed by atoms with Gasteiger partial charge in [-0.3, -0.25) is 4.98 Å². The molecule has 164 valence electrons. The molecule has 2 heterocycles. The number of hydrogen-bond acceptors (Lipinski definition) is 6. The molecule has 0 aliphatic heterocycles. The molecule has 4 aromatic rings. The first-order valence-electron chi connectivity index (χ1n) is 10.7. The van der Waals surface area contributed by atoms with E-state index in [2.05, 4.69) is 26.5 Å². The highest BCUT2D eigenvalue weighted by Crippen LogP contribution is 2.35. The van der Waals surface area contributed by atoms with Gasteiger partial charge in [-0.25, -0.2) is 4.98 Å². The lowest BCUT2D eigenvalue weighted by molar-refractivity contribution is 0.318. The number of imidazole rings is 1. The van der Waals surface area contributed by atoms with Crippen LogP contribution >= 0.6 is 0 Å². The molecule has 0 bridgehead atoms. The van der Waals surface area contributed by atoms with E-state index in [0.29, 0.717) is 12.3 Å². The van der Waals surface area contributed by atoms with Gasteiger partial charge in [0.15, 0.2) is 0 Å². The summed E-state index contributed by atoms with van der Waals surface area (Å²) in [4.78, 5) is 12.6. The van der Waals surface area contributed by atoms with E-state index in [-0.39, 0.29) is 0 Å². The van der Waals surface area contributed by atoms with Crippen LogP contribution in [0.4, 0.5) is 0 Å². The van der Waals surface area contributed by atoms with Crippen molar-refractivity contribution in [2.24, 2.45) is 5.16 Å². The Morgan fingerprint density at radius 2 is 1.76 bits per heavy atom. The molecule has 7 nitrogen and oxygen atoms in total. The molecule has 5 rings (SSSR count). The lowest BCUT2D eigenvalue weighted by Crippen LogP contribution is -2.15. The first-order chi connectivity index (χ1) is 16.3. The van der Waals surface area contributed by atoms with Gasteiger partial charge in [-0.15, -0.1) is 0 Å². The average molecular weight is 438 g/mol. The third kappa shape index (κ3) is 4.14. The molecule has 2 aromatic carbocycles. The van der Waals surface area contributed by atoms with Crippen LogP contribution in [0.15, 0.2) is 78.2 Å². The molecule has 0 atom stereocenters. The van der Waals surface area contributed by atoms with Gasteiger partial charge in [0.25, 0.3) is 0 Å². The predicted molar refractivity (Wildman–Crippen MR) is 129 cm³/mol. The van der Waals surface area contributed by atoms with Gasteiger partial charge in [0.05, 0.1) is 11.4 Å². The fraction of sp³-hybridized carbons (Fsp3) is 0.115. The quantitative estimate of drug-likeness (QED) is 0.223. The maximum absolute atomic E-state index is 9.20. The molecule has 0 fully saturated rings. The van der Waals surface area contributed by atoms with E-state index < -0.39 is 0 Å². The number of nitrogens with zero attached hydrogens (tertiary/aromatic N) is 3. The molecule has 0 radical (unpaired) electrons. The SMILES string of the molecule is CNCCOc1ccc(-c2nc(-c3ccc4c(c3)C=CC4=NO)c(-c3ccncc3)[nH]2)cc1. The molecular formula is C26H23N5O2. The van der Waals surface area contributed by atoms with Gasteiger partial charge >= 0.3 is 0 Å². The standard InChI is InChI=1S/C26H23N5O2/c1-27-14-15-33-21-6-2-18(3-7-21)26-29-24(17-10-12-28-13-11-17)25(30-26)20-4-8-22-19(16-20)5-9-23(22)31-32/h2-13,16,27,32H,14-15H2,1H3,(H,29,30). The van der Waals surface area contributed by atoms with E-state index in [9.17, 15) is 5.21 Å². The van der Waals surface area contributed by atoms with E-state index in [1.54, 1.807) is 18.5 Å². The average Bonchev–Trinajstić information content (AvgIpc) is 3.49. The van der Waals surface area contributed by atoms with E-state index in [1.807, 2.05) is 61.7 Å². The molecule has 0 saturated carbocycles. The Labute approximate surface area is 191 Å². The van der Waals surface area contributed by atoms with E-state index >= 15 is 0 Å². The molecule has 0 saturated heterocycles. The summed E-state index contributed by atoms with van der Waals surface area (Å²) in [6.45, 7) is 1.41. The Morgan fingerprint density at radius 3 is 2.52 bits per heavy atom. The number of aromatic amines is 1. The van der Waals surface area contributed by atoms with Gasteiger partial charge in [-0.05, 0) is 61.2 Å². The van der Waals surface area contributed by atoms with Crippen molar-refractivity contribution in [3.05, 3.63) is 84.2 Å².